The van der Waals surface area contributed by atoms with Crippen LogP contribution in [0.4, 0.5) is 0 Å². The lowest BCUT2D eigenvalue weighted by molar-refractivity contribution is 0.104. The van der Waals surface area contributed by atoms with Crippen molar-refractivity contribution in [3.8, 4) is 0 Å². The Morgan fingerprint density at radius 3 is 1.71 bits per heavy atom. The average Bonchev–Trinajstić information content (AvgIpc) is 2.03. The molecule has 14 heavy (non-hydrogen) atoms. The molecule has 0 aromatic carbocycles. The number of hydrogen-bond acceptors (Lipinski definition) is 7. The molecule has 0 fully saturated rings. The molecule has 0 bridgehead atoms. The molecular formula is C6H17N2O5P. The third kappa shape index (κ3) is 7.40. The molecule has 0 saturated heterocycles. The van der Waals surface area contributed by atoms with E-state index in [4.69, 9.17) is 21.7 Å². The van der Waals surface area contributed by atoms with Crippen molar-refractivity contribution in [2.75, 3.05) is 13.2 Å². The van der Waals surface area contributed by atoms with Crippen LogP contribution in [0, 0.1) is 0 Å². The van der Waals surface area contributed by atoms with E-state index in [1.54, 1.807) is 0 Å². The van der Waals surface area contributed by atoms with E-state index in [1.165, 1.54) is 0 Å². The van der Waals surface area contributed by atoms with Crippen LogP contribution in [0.3, 0.4) is 0 Å². The van der Waals surface area contributed by atoms with Gasteiger partial charge in [-0.15, -0.1) is 0 Å². The summed E-state index contributed by atoms with van der Waals surface area (Å²) in [5.41, 5.74) is 10.6. The molecule has 2 unspecified atom stereocenters. The van der Waals surface area contributed by atoms with Crippen LogP contribution >= 0.6 is 8.25 Å². The predicted molar refractivity (Wildman–Crippen MR) is 50.5 cm³/mol. The summed E-state index contributed by atoms with van der Waals surface area (Å²) in [6.07, 6.45) is -1.30. The topological polar surface area (TPSA) is 128 Å². The van der Waals surface area contributed by atoms with Gasteiger partial charge in [0.1, 0.15) is 12.5 Å². The standard InChI is InChI=1S/C6H17N2O5P/c7-5(1-3-9)12-14(11)13-6(8)2-4-10/h5-6,9-10,14H,1-4,7-8H2. The maximum atomic E-state index is 11.0. The Morgan fingerprint density at radius 2 is 1.43 bits per heavy atom. The molecule has 0 aliphatic carbocycles. The summed E-state index contributed by atoms with van der Waals surface area (Å²) >= 11 is 0. The second-order valence-electron chi connectivity index (χ2n) is 2.59. The fraction of sp³-hybridized carbons (Fsp3) is 1.00. The van der Waals surface area contributed by atoms with Crippen molar-refractivity contribution in [1.82, 2.24) is 0 Å². The Balaban J connectivity index is 3.63. The molecule has 6 N–H and O–H groups in total. The second kappa shape index (κ2) is 8.31. The SMILES string of the molecule is NC(CCO)O[PH](=O)OC(N)CCO. The van der Waals surface area contributed by atoms with Crippen LogP contribution in [0.25, 0.3) is 0 Å². The van der Waals surface area contributed by atoms with Crippen LogP contribution in [0.15, 0.2) is 0 Å². The van der Waals surface area contributed by atoms with Crippen LogP contribution in [-0.4, -0.2) is 35.9 Å². The van der Waals surface area contributed by atoms with Gasteiger partial charge in [0.15, 0.2) is 0 Å². The van der Waals surface area contributed by atoms with Crippen molar-refractivity contribution in [1.29, 1.82) is 0 Å². The molecule has 7 nitrogen and oxygen atoms in total. The van der Waals surface area contributed by atoms with Gasteiger partial charge in [-0.05, 0) is 0 Å². The highest BCUT2D eigenvalue weighted by Gasteiger charge is 2.11. The fourth-order valence-corrected chi connectivity index (χ4v) is 1.43. The Bertz CT molecular complexity index is 154. The smallest absolute Gasteiger partial charge is 0.322 e. The molecule has 0 rings (SSSR count). The van der Waals surface area contributed by atoms with Gasteiger partial charge in [0.2, 0.25) is 0 Å². The van der Waals surface area contributed by atoms with E-state index in [-0.39, 0.29) is 26.1 Å². The van der Waals surface area contributed by atoms with Crippen LogP contribution in [0.1, 0.15) is 12.8 Å². The highest BCUT2D eigenvalue weighted by Crippen LogP contribution is 2.27. The highest BCUT2D eigenvalue weighted by atomic mass is 31.1. The van der Waals surface area contributed by atoms with Crippen LogP contribution in [0.2, 0.25) is 0 Å². The van der Waals surface area contributed by atoms with Crippen molar-refractivity contribution < 1.29 is 23.8 Å². The Kier molecular flexibility index (Phi) is 8.30. The summed E-state index contributed by atoms with van der Waals surface area (Å²) in [5, 5.41) is 16.9. The third-order valence-electron chi connectivity index (χ3n) is 1.32. The minimum absolute atomic E-state index is 0.154. The first kappa shape index (κ1) is 14.0. The first-order valence-corrected chi connectivity index (χ1v) is 5.42. The van der Waals surface area contributed by atoms with Crippen molar-refractivity contribution in [3.63, 3.8) is 0 Å². The fourth-order valence-electron chi connectivity index (χ4n) is 0.647. The molecule has 0 heterocycles. The van der Waals surface area contributed by atoms with E-state index < -0.39 is 20.7 Å². The zero-order valence-corrected chi connectivity index (χ0v) is 8.76. The molecule has 0 radical (unpaired) electrons. The van der Waals surface area contributed by atoms with Gasteiger partial charge in [-0.25, -0.2) is 0 Å². The molecular weight excluding hydrogens is 211 g/mol. The second-order valence-corrected chi connectivity index (χ2v) is 3.56. The van der Waals surface area contributed by atoms with E-state index >= 15 is 0 Å². The summed E-state index contributed by atoms with van der Waals surface area (Å²) in [4.78, 5) is 0. The van der Waals surface area contributed by atoms with E-state index in [2.05, 4.69) is 9.05 Å². The normalized spacial score (nSPS) is 17.7. The minimum atomic E-state index is -2.75. The largest absolute Gasteiger partial charge is 0.396 e. The molecule has 86 valence electrons. The molecule has 0 aliphatic heterocycles. The van der Waals surface area contributed by atoms with Gasteiger partial charge < -0.3 is 21.7 Å². The van der Waals surface area contributed by atoms with Gasteiger partial charge in [0, 0.05) is 26.1 Å². The van der Waals surface area contributed by atoms with Crippen molar-refractivity contribution in [2.24, 2.45) is 11.5 Å². The van der Waals surface area contributed by atoms with Crippen LogP contribution in [-0.2, 0) is 13.6 Å². The van der Waals surface area contributed by atoms with Crippen molar-refractivity contribution >= 4 is 8.25 Å². The molecule has 0 aromatic heterocycles. The summed E-state index contributed by atoms with van der Waals surface area (Å²) in [7, 11) is -2.75. The van der Waals surface area contributed by atoms with Gasteiger partial charge in [-0.2, -0.15) is 0 Å². The first-order valence-electron chi connectivity index (χ1n) is 4.20. The van der Waals surface area contributed by atoms with E-state index in [1.807, 2.05) is 0 Å². The zero-order chi connectivity index (χ0) is 11.0. The lowest BCUT2D eigenvalue weighted by Gasteiger charge is -2.14. The highest BCUT2D eigenvalue weighted by molar-refractivity contribution is 7.33. The number of rotatable bonds is 8. The van der Waals surface area contributed by atoms with Gasteiger partial charge in [-0.3, -0.25) is 13.6 Å². The van der Waals surface area contributed by atoms with Crippen LogP contribution < -0.4 is 11.5 Å². The van der Waals surface area contributed by atoms with Crippen molar-refractivity contribution in [2.45, 2.75) is 25.3 Å². The molecule has 0 aliphatic rings. The monoisotopic (exact) mass is 228 g/mol. The lowest BCUT2D eigenvalue weighted by atomic mass is 10.4. The minimum Gasteiger partial charge on any atom is -0.396 e. The molecule has 8 heteroatoms. The summed E-state index contributed by atoms with van der Waals surface area (Å²) in [5.74, 6) is 0. The van der Waals surface area contributed by atoms with Gasteiger partial charge >= 0.3 is 8.25 Å². The van der Waals surface area contributed by atoms with Gasteiger partial charge in [0.05, 0.1) is 0 Å². The van der Waals surface area contributed by atoms with E-state index in [9.17, 15) is 4.57 Å². The third-order valence-corrected chi connectivity index (χ3v) is 2.31. The van der Waals surface area contributed by atoms with Crippen LogP contribution in [0.5, 0.6) is 0 Å². The summed E-state index contributed by atoms with van der Waals surface area (Å²) in [6.45, 7) is -0.308. The number of aliphatic hydroxyl groups excluding tert-OH is 2. The van der Waals surface area contributed by atoms with Crippen molar-refractivity contribution in [3.05, 3.63) is 0 Å². The Labute approximate surface area is 82.9 Å². The Hall–Kier alpha value is -0.0100. The number of nitrogens with two attached hydrogens (primary N) is 2. The first-order chi connectivity index (χ1) is 6.60. The molecule has 0 aromatic rings. The molecule has 0 spiro atoms. The van der Waals surface area contributed by atoms with Gasteiger partial charge in [-0.1, -0.05) is 0 Å². The maximum absolute atomic E-state index is 11.0. The number of hydrogen-bond donors (Lipinski definition) is 4. The van der Waals surface area contributed by atoms with E-state index in [0.29, 0.717) is 0 Å². The molecule has 0 saturated carbocycles. The van der Waals surface area contributed by atoms with E-state index in [0.717, 1.165) is 0 Å². The zero-order valence-electron chi connectivity index (χ0n) is 7.76. The predicted octanol–water partition coefficient (Wildman–Crippen LogP) is -1.26. The number of aliphatic hydroxyl groups is 2. The molecule has 0 amide bonds. The maximum Gasteiger partial charge on any atom is 0.322 e. The Morgan fingerprint density at radius 1 is 1.07 bits per heavy atom. The van der Waals surface area contributed by atoms with Gasteiger partial charge in [0.25, 0.3) is 0 Å². The lowest BCUT2D eigenvalue weighted by Crippen LogP contribution is -2.25. The average molecular weight is 228 g/mol. The summed E-state index contributed by atoms with van der Waals surface area (Å²) in [6, 6.07) is 0. The summed E-state index contributed by atoms with van der Waals surface area (Å²) < 4.78 is 20.4. The molecule has 2 atom stereocenters. The quantitative estimate of drug-likeness (QED) is 0.301.